The van der Waals surface area contributed by atoms with Gasteiger partial charge in [0.25, 0.3) is 0 Å². The van der Waals surface area contributed by atoms with E-state index in [9.17, 15) is 4.79 Å². The van der Waals surface area contributed by atoms with E-state index in [0.29, 0.717) is 6.61 Å². The first-order chi connectivity index (χ1) is 9.58. The quantitative estimate of drug-likeness (QED) is 0.547. The average molecular weight is 311 g/mol. The van der Waals surface area contributed by atoms with Crippen LogP contribution in [-0.2, 0) is 14.0 Å². The van der Waals surface area contributed by atoms with Crippen molar-refractivity contribution in [2.24, 2.45) is 5.92 Å². The summed E-state index contributed by atoms with van der Waals surface area (Å²) in [5, 5.41) is 0.214. The molecule has 0 aliphatic carbocycles. The third-order valence-electron chi connectivity index (χ3n) is 4.60. The van der Waals surface area contributed by atoms with Gasteiger partial charge in [-0.05, 0) is 30.6 Å². The molecule has 0 aromatic rings. The Bertz CT molecular complexity index is 407. The maximum absolute atomic E-state index is 11.8. The van der Waals surface area contributed by atoms with Gasteiger partial charge in [-0.15, -0.1) is 6.58 Å². The molecule has 1 aliphatic rings. The molecule has 0 fully saturated rings. The first-order valence-corrected chi connectivity index (χ1v) is 10.6. The number of rotatable bonds is 6. The molecule has 0 bridgehead atoms. The van der Waals surface area contributed by atoms with Crippen LogP contribution in [0.15, 0.2) is 24.8 Å². The molecule has 0 unspecified atom stereocenters. The fourth-order valence-corrected chi connectivity index (χ4v) is 2.98. The highest BCUT2D eigenvalue weighted by Crippen LogP contribution is 2.36. The summed E-state index contributed by atoms with van der Waals surface area (Å²) in [5.74, 6) is 0.0650. The molecule has 4 heteroatoms. The molecule has 1 heterocycles. The summed E-state index contributed by atoms with van der Waals surface area (Å²) in [4.78, 5) is 11.8. The summed E-state index contributed by atoms with van der Waals surface area (Å²) in [6.07, 6.45) is 5.61. The predicted molar refractivity (Wildman–Crippen MR) is 89.9 cm³/mol. The van der Waals surface area contributed by atoms with Crippen LogP contribution in [0, 0.1) is 5.92 Å². The summed E-state index contributed by atoms with van der Waals surface area (Å²) >= 11 is 0. The van der Waals surface area contributed by atoms with Crippen LogP contribution in [0.1, 0.15) is 34.1 Å². The SMILES string of the molecule is C=C[C@H](C)[C@@H]1O[C@H](CCO[Si](C)(C)C(C)(C)C)C=CC1=O. The van der Waals surface area contributed by atoms with Crippen molar-refractivity contribution in [3.05, 3.63) is 24.8 Å². The minimum Gasteiger partial charge on any atom is -0.417 e. The monoisotopic (exact) mass is 310 g/mol. The van der Waals surface area contributed by atoms with E-state index in [4.69, 9.17) is 9.16 Å². The molecule has 0 radical (unpaired) electrons. The molecular formula is C17H30O3Si. The van der Waals surface area contributed by atoms with Crippen molar-refractivity contribution in [3.63, 3.8) is 0 Å². The summed E-state index contributed by atoms with van der Waals surface area (Å²) < 4.78 is 12.0. The topological polar surface area (TPSA) is 35.5 Å². The second kappa shape index (κ2) is 7.03. The molecule has 3 nitrogen and oxygen atoms in total. The summed E-state index contributed by atoms with van der Waals surface area (Å²) in [6.45, 7) is 17.6. The molecule has 0 saturated heterocycles. The molecule has 0 amide bonds. The highest BCUT2D eigenvalue weighted by Gasteiger charge is 2.37. The minimum absolute atomic E-state index is 0.0314. The Kier molecular flexibility index (Phi) is 6.14. The lowest BCUT2D eigenvalue weighted by atomic mass is 9.97. The van der Waals surface area contributed by atoms with Crippen molar-refractivity contribution in [2.45, 2.75) is 64.5 Å². The number of hydrogen-bond donors (Lipinski definition) is 0. The van der Waals surface area contributed by atoms with E-state index >= 15 is 0 Å². The molecule has 0 aromatic heterocycles. The fourth-order valence-electron chi connectivity index (χ4n) is 1.92. The molecule has 0 N–H and O–H groups in total. The van der Waals surface area contributed by atoms with Gasteiger partial charge in [0.1, 0.15) is 6.10 Å². The highest BCUT2D eigenvalue weighted by atomic mass is 28.4. The Hall–Kier alpha value is -0.713. The van der Waals surface area contributed by atoms with Gasteiger partial charge in [0.2, 0.25) is 0 Å². The van der Waals surface area contributed by atoms with Crippen LogP contribution >= 0.6 is 0 Å². The molecule has 3 atom stereocenters. The van der Waals surface area contributed by atoms with Crippen LogP contribution in [0.4, 0.5) is 0 Å². The number of carbonyl (C=O) groups is 1. The zero-order chi connectivity index (χ0) is 16.3. The Morgan fingerprint density at radius 2 is 2.10 bits per heavy atom. The lowest BCUT2D eigenvalue weighted by Gasteiger charge is -2.36. The summed E-state index contributed by atoms with van der Waals surface area (Å²) in [5.41, 5.74) is 0. The van der Waals surface area contributed by atoms with Gasteiger partial charge in [-0.3, -0.25) is 4.79 Å². The molecule has 120 valence electrons. The number of ether oxygens (including phenoxy) is 1. The second-order valence-corrected chi connectivity index (χ2v) is 12.2. The van der Waals surface area contributed by atoms with Gasteiger partial charge in [-0.1, -0.05) is 39.8 Å². The van der Waals surface area contributed by atoms with E-state index < -0.39 is 14.4 Å². The summed E-state index contributed by atoms with van der Waals surface area (Å²) in [6, 6.07) is 0. The van der Waals surface area contributed by atoms with Gasteiger partial charge >= 0.3 is 0 Å². The summed E-state index contributed by atoms with van der Waals surface area (Å²) in [7, 11) is -1.71. The Morgan fingerprint density at radius 1 is 1.48 bits per heavy atom. The first-order valence-electron chi connectivity index (χ1n) is 7.72. The lowest BCUT2D eigenvalue weighted by molar-refractivity contribution is -0.132. The average Bonchev–Trinajstić information content (AvgIpc) is 2.38. The number of ketones is 1. The van der Waals surface area contributed by atoms with Crippen LogP contribution in [-0.4, -0.2) is 32.9 Å². The van der Waals surface area contributed by atoms with Gasteiger partial charge in [-0.25, -0.2) is 0 Å². The molecular weight excluding hydrogens is 280 g/mol. The van der Waals surface area contributed by atoms with Crippen molar-refractivity contribution in [2.75, 3.05) is 6.61 Å². The minimum atomic E-state index is -1.71. The van der Waals surface area contributed by atoms with Crippen molar-refractivity contribution in [3.8, 4) is 0 Å². The van der Waals surface area contributed by atoms with Crippen molar-refractivity contribution >= 4 is 14.1 Å². The van der Waals surface area contributed by atoms with Gasteiger partial charge in [-0.2, -0.15) is 0 Å². The van der Waals surface area contributed by atoms with E-state index in [-0.39, 0.29) is 22.8 Å². The normalized spacial score (nSPS) is 25.0. The van der Waals surface area contributed by atoms with Gasteiger partial charge in [0, 0.05) is 12.5 Å². The third kappa shape index (κ3) is 4.90. The largest absolute Gasteiger partial charge is 0.417 e. The maximum Gasteiger partial charge on any atom is 0.191 e. The molecule has 1 rings (SSSR count). The Labute approximate surface area is 130 Å². The van der Waals surface area contributed by atoms with Crippen LogP contribution < -0.4 is 0 Å². The Morgan fingerprint density at radius 3 is 2.62 bits per heavy atom. The van der Waals surface area contributed by atoms with Crippen LogP contribution in [0.25, 0.3) is 0 Å². The number of carbonyl (C=O) groups excluding carboxylic acids is 1. The van der Waals surface area contributed by atoms with Crippen LogP contribution in [0.2, 0.25) is 18.1 Å². The zero-order valence-corrected chi connectivity index (χ0v) is 15.3. The van der Waals surface area contributed by atoms with Gasteiger partial charge in [0.05, 0.1) is 6.10 Å². The zero-order valence-electron chi connectivity index (χ0n) is 14.3. The van der Waals surface area contributed by atoms with E-state index in [1.54, 1.807) is 12.2 Å². The Balaban J connectivity index is 2.52. The maximum atomic E-state index is 11.8. The molecule has 21 heavy (non-hydrogen) atoms. The number of hydrogen-bond acceptors (Lipinski definition) is 3. The second-order valence-electron chi connectivity index (χ2n) is 7.35. The third-order valence-corrected chi connectivity index (χ3v) is 9.14. The standard InChI is InChI=1S/C17H30O3Si/c1-8-13(2)16-15(18)10-9-14(20-16)11-12-19-21(6,7)17(3,4)5/h8-10,13-14,16H,1,11-12H2,2-7H3/t13-,14-,16-/m0/s1. The lowest BCUT2D eigenvalue weighted by Crippen LogP contribution is -2.42. The molecule has 0 aromatic carbocycles. The van der Waals surface area contributed by atoms with E-state index in [1.807, 2.05) is 13.0 Å². The van der Waals surface area contributed by atoms with Gasteiger partial charge in [0.15, 0.2) is 14.1 Å². The van der Waals surface area contributed by atoms with E-state index in [0.717, 1.165) is 6.42 Å². The highest BCUT2D eigenvalue weighted by molar-refractivity contribution is 6.74. The smallest absolute Gasteiger partial charge is 0.191 e. The fraction of sp³-hybridized carbons (Fsp3) is 0.706. The van der Waals surface area contributed by atoms with Crippen molar-refractivity contribution in [1.82, 2.24) is 0 Å². The molecule has 0 saturated carbocycles. The molecule has 1 aliphatic heterocycles. The van der Waals surface area contributed by atoms with Crippen molar-refractivity contribution in [1.29, 1.82) is 0 Å². The first kappa shape index (κ1) is 18.3. The predicted octanol–water partition coefficient (Wildman–Crippen LogP) is 4.11. The van der Waals surface area contributed by atoms with Crippen LogP contribution in [0.3, 0.4) is 0 Å². The van der Waals surface area contributed by atoms with E-state index in [1.165, 1.54) is 0 Å². The van der Waals surface area contributed by atoms with Gasteiger partial charge < -0.3 is 9.16 Å². The van der Waals surface area contributed by atoms with Crippen LogP contribution in [0.5, 0.6) is 0 Å². The molecule has 0 spiro atoms. The van der Waals surface area contributed by atoms with Crippen molar-refractivity contribution < 1.29 is 14.0 Å². The van der Waals surface area contributed by atoms with E-state index in [2.05, 4.69) is 40.4 Å².